The number of halogens is 3. The first-order valence-electron chi connectivity index (χ1n) is 8.27. The minimum atomic E-state index is -4.53. The average molecular weight is 409 g/mol. The molecule has 6 nitrogen and oxygen atoms in total. The fourth-order valence-electron chi connectivity index (χ4n) is 2.27. The molecule has 29 heavy (non-hydrogen) atoms. The Bertz CT molecular complexity index is 909. The fraction of sp³-hybridized carbons (Fsp3) is 0.200. The molecule has 154 valence electrons. The lowest BCUT2D eigenvalue weighted by atomic mass is 10.2. The number of carbonyl (C=O) groups excluding carboxylic acids is 2. The first-order chi connectivity index (χ1) is 13.7. The van der Waals surface area contributed by atoms with Crippen molar-refractivity contribution in [3.05, 3.63) is 59.7 Å². The first kappa shape index (κ1) is 21.8. The zero-order chi connectivity index (χ0) is 21.4. The molecule has 0 aliphatic heterocycles. The van der Waals surface area contributed by atoms with E-state index < -0.39 is 30.2 Å². The van der Waals surface area contributed by atoms with Crippen LogP contribution in [0.4, 0.5) is 18.9 Å². The van der Waals surface area contributed by atoms with Gasteiger partial charge < -0.3 is 19.5 Å². The standard InChI is InChI=1S/C20H18F3NO5/c1-27-16-8-6-13(17(11-16)28-2)7-9-19(26)29-12-18(25)24-15-5-3-4-14(10-15)20(21,22)23/h3-11H,12H2,1-2H3,(H,24,25). The van der Waals surface area contributed by atoms with Crippen molar-refractivity contribution in [3.8, 4) is 11.5 Å². The lowest BCUT2D eigenvalue weighted by molar-refractivity contribution is -0.142. The molecule has 9 heteroatoms. The summed E-state index contributed by atoms with van der Waals surface area (Å²) < 4.78 is 53.1. The van der Waals surface area contributed by atoms with Crippen LogP contribution >= 0.6 is 0 Å². The highest BCUT2D eigenvalue weighted by Gasteiger charge is 2.30. The van der Waals surface area contributed by atoms with E-state index in [2.05, 4.69) is 5.32 Å². The van der Waals surface area contributed by atoms with Crippen molar-refractivity contribution in [2.24, 2.45) is 0 Å². The van der Waals surface area contributed by atoms with E-state index >= 15 is 0 Å². The molecule has 0 aliphatic rings. The summed E-state index contributed by atoms with van der Waals surface area (Å²) in [6.45, 7) is -0.654. The molecule has 1 amide bonds. The van der Waals surface area contributed by atoms with Crippen molar-refractivity contribution < 1.29 is 37.0 Å². The Morgan fingerprint density at radius 2 is 1.83 bits per heavy atom. The molecule has 0 saturated carbocycles. The molecule has 0 atom stereocenters. The van der Waals surface area contributed by atoms with Gasteiger partial charge in [-0.1, -0.05) is 6.07 Å². The Kier molecular flexibility index (Phi) is 7.24. The number of benzene rings is 2. The molecule has 0 aliphatic carbocycles. The lowest BCUT2D eigenvalue weighted by Crippen LogP contribution is -2.20. The number of amides is 1. The molecular weight excluding hydrogens is 391 g/mol. The van der Waals surface area contributed by atoms with Crippen molar-refractivity contribution in [2.45, 2.75) is 6.18 Å². The van der Waals surface area contributed by atoms with Gasteiger partial charge in [-0.3, -0.25) is 4.79 Å². The maximum atomic E-state index is 12.7. The molecule has 2 aromatic carbocycles. The highest BCUT2D eigenvalue weighted by atomic mass is 19.4. The monoisotopic (exact) mass is 409 g/mol. The van der Waals surface area contributed by atoms with Gasteiger partial charge in [0.1, 0.15) is 11.5 Å². The molecule has 0 bridgehead atoms. The van der Waals surface area contributed by atoms with E-state index in [9.17, 15) is 22.8 Å². The third-order valence-electron chi connectivity index (χ3n) is 3.66. The Balaban J connectivity index is 1.91. The van der Waals surface area contributed by atoms with Crippen molar-refractivity contribution in [3.63, 3.8) is 0 Å². The van der Waals surface area contributed by atoms with Crippen LogP contribution in [0.5, 0.6) is 11.5 Å². The van der Waals surface area contributed by atoms with Gasteiger partial charge in [-0.15, -0.1) is 0 Å². The van der Waals surface area contributed by atoms with E-state index in [4.69, 9.17) is 14.2 Å². The quantitative estimate of drug-likeness (QED) is 0.554. The molecule has 2 aromatic rings. The van der Waals surface area contributed by atoms with Crippen LogP contribution in [-0.4, -0.2) is 32.7 Å². The predicted octanol–water partition coefficient (Wildman–Crippen LogP) is 3.92. The maximum Gasteiger partial charge on any atom is 0.416 e. The molecule has 0 fully saturated rings. The molecule has 0 aromatic heterocycles. The minimum absolute atomic E-state index is 0.0561. The fourth-order valence-corrected chi connectivity index (χ4v) is 2.27. The number of esters is 1. The number of anilines is 1. The van der Waals surface area contributed by atoms with E-state index in [1.807, 2.05) is 0 Å². The number of hydrogen-bond acceptors (Lipinski definition) is 5. The number of rotatable bonds is 7. The van der Waals surface area contributed by atoms with Gasteiger partial charge in [-0.25, -0.2) is 4.79 Å². The molecule has 0 unspecified atom stereocenters. The Labute approximate surface area is 164 Å². The second-order valence-electron chi connectivity index (χ2n) is 5.68. The van der Waals surface area contributed by atoms with Crippen LogP contribution in [0.1, 0.15) is 11.1 Å². The van der Waals surface area contributed by atoms with Crippen LogP contribution in [0, 0.1) is 0 Å². The van der Waals surface area contributed by atoms with Gasteiger partial charge in [0, 0.05) is 23.4 Å². The van der Waals surface area contributed by atoms with Gasteiger partial charge in [0.05, 0.1) is 19.8 Å². The molecule has 1 N–H and O–H groups in total. The zero-order valence-electron chi connectivity index (χ0n) is 15.6. The summed E-state index contributed by atoms with van der Waals surface area (Å²) in [7, 11) is 2.97. The third-order valence-corrected chi connectivity index (χ3v) is 3.66. The van der Waals surface area contributed by atoms with Gasteiger partial charge in [0.15, 0.2) is 6.61 Å². The number of alkyl halides is 3. The van der Waals surface area contributed by atoms with Crippen molar-refractivity contribution in [1.82, 2.24) is 0 Å². The van der Waals surface area contributed by atoms with Crippen LogP contribution < -0.4 is 14.8 Å². The number of hydrogen-bond donors (Lipinski definition) is 1. The number of methoxy groups -OCH3 is 2. The minimum Gasteiger partial charge on any atom is -0.497 e. The molecule has 2 rings (SSSR count). The van der Waals surface area contributed by atoms with Crippen LogP contribution in [0.2, 0.25) is 0 Å². The molecule has 0 saturated heterocycles. The van der Waals surface area contributed by atoms with E-state index in [0.717, 1.165) is 24.3 Å². The summed E-state index contributed by atoms with van der Waals surface area (Å²) in [6, 6.07) is 9.11. The predicted molar refractivity (Wildman–Crippen MR) is 99.6 cm³/mol. The second-order valence-corrected chi connectivity index (χ2v) is 5.68. The molecule has 0 spiro atoms. The SMILES string of the molecule is COc1ccc(C=CC(=O)OCC(=O)Nc2cccc(C(F)(F)F)c2)c(OC)c1. The van der Waals surface area contributed by atoms with Gasteiger partial charge in [0.2, 0.25) is 0 Å². The van der Waals surface area contributed by atoms with E-state index in [0.29, 0.717) is 17.1 Å². The van der Waals surface area contributed by atoms with Crippen LogP contribution in [0.3, 0.4) is 0 Å². The molecule has 0 radical (unpaired) electrons. The normalized spacial score (nSPS) is 11.2. The number of nitrogens with one attached hydrogen (secondary N) is 1. The molecule has 0 heterocycles. The topological polar surface area (TPSA) is 73.9 Å². The third kappa shape index (κ3) is 6.56. The van der Waals surface area contributed by atoms with Gasteiger partial charge in [-0.2, -0.15) is 13.2 Å². The van der Waals surface area contributed by atoms with Gasteiger partial charge >= 0.3 is 12.1 Å². The number of ether oxygens (including phenoxy) is 3. The Morgan fingerprint density at radius 1 is 1.07 bits per heavy atom. The maximum absolute atomic E-state index is 12.7. The lowest BCUT2D eigenvalue weighted by Gasteiger charge is -2.10. The van der Waals surface area contributed by atoms with Crippen molar-refractivity contribution in [1.29, 1.82) is 0 Å². The summed E-state index contributed by atoms with van der Waals surface area (Å²) in [5.74, 6) is -0.529. The Morgan fingerprint density at radius 3 is 2.48 bits per heavy atom. The zero-order valence-corrected chi connectivity index (χ0v) is 15.6. The second kappa shape index (κ2) is 9.63. The summed E-state index contributed by atoms with van der Waals surface area (Å²) >= 11 is 0. The highest BCUT2D eigenvalue weighted by molar-refractivity contribution is 5.94. The average Bonchev–Trinajstić information content (AvgIpc) is 2.70. The smallest absolute Gasteiger partial charge is 0.416 e. The number of carbonyl (C=O) groups is 2. The summed E-state index contributed by atoms with van der Waals surface area (Å²) in [6.07, 6.45) is -1.99. The molecular formula is C20H18F3NO5. The Hall–Kier alpha value is -3.49. The van der Waals surface area contributed by atoms with Gasteiger partial charge in [-0.05, 0) is 36.4 Å². The first-order valence-corrected chi connectivity index (χ1v) is 8.27. The van der Waals surface area contributed by atoms with E-state index in [1.165, 1.54) is 26.4 Å². The van der Waals surface area contributed by atoms with E-state index in [-0.39, 0.29) is 5.69 Å². The van der Waals surface area contributed by atoms with E-state index in [1.54, 1.807) is 18.2 Å². The van der Waals surface area contributed by atoms with Gasteiger partial charge in [0.25, 0.3) is 5.91 Å². The van der Waals surface area contributed by atoms with Crippen LogP contribution in [0.25, 0.3) is 6.08 Å². The van der Waals surface area contributed by atoms with Crippen LogP contribution in [-0.2, 0) is 20.5 Å². The van der Waals surface area contributed by atoms with Crippen molar-refractivity contribution in [2.75, 3.05) is 26.1 Å². The van der Waals surface area contributed by atoms with Crippen molar-refractivity contribution >= 4 is 23.6 Å². The van der Waals surface area contributed by atoms with Crippen LogP contribution in [0.15, 0.2) is 48.5 Å². The summed E-state index contributed by atoms with van der Waals surface area (Å²) in [5.41, 5.74) is -0.373. The highest BCUT2D eigenvalue weighted by Crippen LogP contribution is 2.30. The summed E-state index contributed by atoms with van der Waals surface area (Å²) in [4.78, 5) is 23.6. The largest absolute Gasteiger partial charge is 0.497 e. The summed E-state index contributed by atoms with van der Waals surface area (Å²) in [5, 5.41) is 2.24.